The first-order chi connectivity index (χ1) is 30.2. The van der Waals surface area contributed by atoms with E-state index in [0.717, 1.165) is 55.7 Å². The quantitative estimate of drug-likeness (QED) is 0.136. The van der Waals surface area contributed by atoms with Crippen LogP contribution in [0.5, 0.6) is 0 Å². The van der Waals surface area contributed by atoms with E-state index in [4.69, 9.17) is 4.42 Å². The van der Waals surface area contributed by atoms with E-state index >= 15 is 0 Å². The van der Waals surface area contributed by atoms with Gasteiger partial charge in [-0.1, -0.05) is 195 Å². The van der Waals surface area contributed by atoms with Crippen molar-refractivity contribution in [3.63, 3.8) is 0 Å². The first-order valence-electron chi connectivity index (χ1n) is 20.9. The van der Waals surface area contributed by atoms with Gasteiger partial charge in [0.25, 0.3) is 0 Å². The highest BCUT2D eigenvalue weighted by Gasteiger charge is 2.47. The summed E-state index contributed by atoms with van der Waals surface area (Å²) < 4.78 is 6.47. The Labute approximate surface area is 356 Å². The van der Waals surface area contributed by atoms with Crippen LogP contribution in [-0.4, -0.2) is 0 Å². The molecule has 2 nitrogen and oxygen atoms in total. The number of hydrogen-bond donors (Lipinski definition) is 0. The van der Waals surface area contributed by atoms with Crippen molar-refractivity contribution in [2.45, 2.75) is 5.41 Å². The Kier molecular flexibility index (Phi) is 8.90. The van der Waals surface area contributed by atoms with Crippen molar-refractivity contribution in [3.05, 3.63) is 265 Å². The summed E-state index contributed by atoms with van der Waals surface area (Å²) >= 11 is 0. The molecule has 61 heavy (non-hydrogen) atoms. The SMILES string of the molecule is C=C/C=C\C=C\c1ccc(N(c2ccccc2-c2ccc3oc4cc5ccccc5cc4c3c2)c2cccc3c2-c2ccccc2C3(c2ccccc2)c2ccccc2)cc1. The monoisotopic (exact) mass is 779 g/mol. The highest BCUT2D eigenvalue weighted by molar-refractivity contribution is 6.11. The van der Waals surface area contributed by atoms with Gasteiger partial charge in [-0.05, 0) is 98.2 Å². The number of fused-ring (bicyclic) bond motifs is 7. The lowest BCUT2D eigenvalue weighted by Gasteiger charge is -2.34. The molecule has 0 radical (unpaired) electrons. The summed E-state index contributed by atoms with van der Waals surface area (Å²) in [6, 6.07) is 75.1. The van der Waals surface area contributed by atoms with E-state index in [2.05, 4.69) is 230 Å². The number of allylic oxidation sites excluding steroid dienone is 4. The predicted molar refractivity (Wildman–Crippen MR) is 257 cm³/mol. The van der Waals surface area contributed by atoms with Crippen LogP contribution in [0, 0.1) is 0 Å². The van der Waals surface area contributed by atoms with Gasteiger partial charge in [-0.3, -0.25) is 0 Å². The molecule has 1 heterocycles. The molecule has 288 valence electrons. The lowest BCUT2D eigenvalue weighted by atomic mass is 9.68. The van der Waals surface area contributed by atoms with Crippen molar-refractivity contribution in [1.82, 2.24) is 0 Å². The number of nitrogens with zero attached hydrogens (tertiary/aromatic N) is 1. The van der Waals surface area contributed by atoms with Crippen LogP contribution in [0.3, 0.4) is 0 Å². The van der Waals surface area contributed by atoms with Gasteiger partial charge in [-0.25, -0.2) is 0 Å². The minimum Gasteiger partial charge on any atom is -0.456 e. The van der Waals surface area contributed by atoms with E-state index < -0.39 is 5.41 Å². The molecule has 1 aliphatic carbocycles. The third-order valence-corrected chi connectivity index (χ3v) is 12.3. The summed E-state index contributed by atoms with van der Waals surface area (Å²) in [4.78, 5) is 2.47. The first kappa shape index (κ1) is 36.2. The summed E-state index contributed by atoms with van der Waals surface area (Å²) in [6.07, 6.45) is 9.91. The lowest BCUT2D eigenvalue weighted by molar-refractivity contribution is 0.669. The molecule has 1 aliphatic rings. The zero-order valence-corrected chi connectivity index (χ0v) is 33.6. The second-order valence-electron chi connectivity index (χ2n) is 15.7. The van der Waals surface area contributed by atoms with Crippen LogP contribution in [0.25, 0.3) is 61.0 Å². The molecule has 0 fully saturated rings. The third kappa shape index (κ3) is 5.95. The van der Waals surface area contributed by atoms with E-state index in [1.807, 2.05) is 12.2 Å². The highest BCUT2D eigenvalue weighted by Crippen LogP contribution is 2.59. The van der Waals surface area contributed by atoms with Crippen molar-refractivity contribution in [2.24, 2.45) is 0 Å². The maximum absolute atomic E-state index is 6.47. The van der Waals surface area contributed by atoms with Crippen molar-refractivity contribution in [3.8, 4) is 22.3 Å². The van der Waals surface area contributed by atoms with Gasteiger partial charge in [-0.2, -0.15) is 0 Å². The summed E-state index contributed by atoms with van der Waals surface area (Å²) in [7, 11) is 0. The van der Waals surface area contributed by atoms with Gasteiger partial charge in [0, 0.05) is 27.6 Å². The normalized spacial score (nSPS) is 13.0. The molecule has 2 heteroatoms. The van der Waals surface area contributed by atoms with Gasteiger partial charge >= 0.3 is 0 Å². The van der Waals surface area contributed by atoms with Gasteiger partial charge in [0.15, 0.2) is 0 Å². The fourth-order valence-corrected chi connectivity index (χ4v) is 9.65. The van der Waals surface area contributed by atoms with Crippen LogP contribution in [0.2, 0.25) is 0 Å². The third-order valence-electron chi connectivity index (χ3n) is 12.3. The molecule has 0 saturated heterocycles. The topological polar surface area (TPSA) is 16.4 Å². The molecule has 0 amide bonds. The van der Waals surface area contributed by atoms with Crippen LogP contribution in [0.1, 0.15) is 27.8 Å². The molecule has 0 atom stereocenters. The molecular weight excluding hydrogens is 739 g/mol. The van der Waals surface area contributed by atoms with Gasteiger partial charge in [0.2, 0.25) is 0 Å². The van der Waals surface area contributed by atoms with Crippen LogP contribution in [0.15, 0.2) is 242 Å². The Morgan fingerprint density at radius 3 is 1.84 bits per heavy atom. The van der Waals surface area contributed by atoms with Crippen LogP contribution >= 0.6 is 0 Å². The van der Waals surface area contributed by atoms with Gasteiger partial charge in [0.05, 0.1) is 16.8 Å². The second kappa shape index (κ2) is 15.0. The highest BCUT2D eigenvalue weighted by atomic mass is 16.3. The molecule has 0 spiro atoms. The summed E-state index contributed by atoms with van der Waals surface area (Å²) in [6.45, 7) is 3.81. The average molecular weight is 780 g/mol. The molecule has 0 bridgehead atoms. The fourth-order valence-electron chi connectivity index (χ4n) is 9.65. The lowest BCUT2D eigenvalue weighted by Crippen LogP contribution is -2.28. The Balaban J connectivity index is 1.16. The minimum absolute atomic E-state index is 0.527. The first-order valence-corrected chi connectivity index (χ1v) is 20.9. The van der Waals surface area contributed by atoms with E-state index in [-0.39, 0.29) is 0 Å². The van der Waals surface area contributed by atoms with Crippen LogP contribution in [-0.2, 0) is 5.41 Å². The van der Waals surface area contributed by atoms with Crippen LogP contribution in [0.4, 0.5) is 17.1 Å². The average Bonchev–Trinajstić information content (AvgIpc) is 3.84. The molecule has 9 aromatic carbocycles. The zero-order chi connectivity index (χ0) is 40.8. The van der Waals surface area contributed by atoms with E-state index in [1.54, 1.807) is 6.08 Å². The number of hydrogen-bond acceptors (Lipinski definition) is 2. The number of furan rings is 1. The molecular formula is C59H41NO. The second-order valence-corrected chi connectivity index (χ2v) is 15.7. The summed E-state index contributed by atoms with van der Waals surface area (Å²) in [5.41, 5.74) is 15.4. The molecule has 10 aromatic rings. The summed E-state index contributed by atoms with van der Waals surface area (Å²) in [5, 5.41) is 4.59. The standard InChI is InChI=1S/C59H41NO/c1-2-3-4-7-19-41-32-35-47(36-33-41)60(54-30-17-15-26-48(54)44-34-37-56-50(39-44)51-38-42-20-12-13-21-43(42)40-57(51)61-56)55-31-18-29-53-58(55)49-27-14-16-28-52(49)59(53,45-22-8-5-9-23-45)46-24-10-6-11-25-46/h2-40H,1H2/b4-3-,19-7+. The Hall–Kier alpha value is -7.94. The maximum Gasteiger partial charge on any atom is 0.136 e. The Bertz CT molecular complexity index is 3280. The van der Waals surface area contributed by atoms with Crippen LogP contribution < -0.4 is 4.90 Å². The van der Waals surface area contributed by atoms with Gasteiger partial charge < -0.3 is 9.32 Å². The predicted octanol–water partition coefficient (Wildman–Crippen LogP) is 16.0. The van der Waals surface area contributed by atoms with Crippen molar-refractivity contribution >= 4 is 55.8 Å². The number of para-hydroxylation sites is 1. The van der Waals surface area contributed by atoms with E-state index in [0.29, 0.717) is 0 Å². The molecule has 0 saturated carbocycles. The molecule has 0 N–H and O–H groups in total. The minimum atomic E-state index is -0.527. The molecule has 0 aliphatic heterocycles. The maximum atomic E-state index is 6.47. The number of anilines is 3. The molecule has 0 unspecified atom stereocenters. The van der Waals surface area contributed by atoms with Gasteiger partial charge in [0.1, 0.15) is 11.2 Å². The molecule has 11 rings (SSSR count). The Morgan fingerprint density at radius 2 is 1.08 bits per heavy atom. The summed E-state index contributed by atoms with van der Waals surface area (Å²) in [5.74, 6) is 0. The zero-order valence-electron chi connectivity index (χ0n) is 33.6. The number of benzene rings is 9. The molecule has 1 aromatic heterocycles. The largest absolute Gasteiger partial charge is 0.456 e. The van der Waals surface area contributed by atoms with Gasteiger partial charge in [-0.15, -0.1) is 0 Å². The Morgan fingerprint density at radius 1 is 0.459 bits per heavy atom. The van der Waals surface area contributed by atoms with Crippen molar-refractivity contribution < 1.29 is 4.42 Å². The van der Waals surface area contributed by atoms with E-state index in [1.165, 1.54) is 44.2 Å². The van der Waals surface area contributed by atoms with E-state index in [9.17, 15) is 0 Å². The number of rotatable bonds is 9. The van der Waals surface area contributed by atoms with Crippen molar-refractivity contribution in [1.29, 1.82) is 0 Å². The smallest absolute Gasteiger partial charge is 0.136 e. The van der Waals surface area contributed by atoms with Crippen molar-refractivity contribution in [2.75, 3.05) is 4.90 Å². The fraction of sp³-hybridized carbons (Fsp3) is 0.0169.